The van der Waals surface area contributed by atoms with E-state index in [-0.39, 0.29) is 18.2 Å². The van der Waals surface area contributed by atoms with E-state index in [1.807, 2.05) is 0 Å². The summed E-state index contributed by atoms with van der Waals surface area (Å²) >= 11 is 0. The van der Waals surface area contributed by atoms with Crippen LogP contribution in [0.1, 0.15) is 6.42 Å². The second-order valence-electron chi connectivity index (χ2n) is 2.89. The van der Waals surface area contributed by atoms with E-state index < -0.39 is 0 Å². The summed E-state index contributed by atoms with van der Waals surface area (Å²) in [4.78, 5) is 0. The Labute approximate surface area is 66.1 Å². The van der Waals surface area contributed by atoms with Gasteiger partial charge in [-0.05, 0) is 6.42 Å². The van der Waals surface area contributed by atoms with Gasteiger partial charge in [0, 0.05) is 12.7 Å². The first-order chi connectivity index (χ1) is 5.42. The van der Waals surface area contributed by atoms with E-state index in [1.165, 1.54) is 0 Å². The van der Waals surface area contributed by atoms with Gasteiger partial charge in [-0.3, -0.25) is 0 Å². The Morgan fingerprint density at radius 3 is 3.18 bits per heavy atom. The molecule has 0 aromatic rings. The second kappa shape index (κ2) is 2.72. The SMILES string of the molecule is C#CN[C@H]1CO[C@@H]2CCO[C@H]12. The third kappa shape index (κ3) is 1.09. The van der Waals surface area contributed by atoms with Gasteiger partial charge in [-0.15, -0.1) is 0 Å². The first-order valence-electron chi connectivity index (χ1n) is 3.86. The molecule has 2 saturated heterocycles. The average molecular weight is 153 g/mol. The van der Waals surface area contributed by atoms with Crippen LogP contribution in [0, 0.1) is 12.5 Å². The zero-order valence-corrected chi connectivity index (χ0v) is 6.25. The van der Waals surface area contributed by atoms with Gasteiger partial charge in [0.2, 0.25) is 0 Å². The van der Waals surface area contributed by atoms with Crippen molar-refractivity contribution < 1.29 is 9.47 Å². The average Bonchev–Trinajstić information content (AvgIpc) is 2.53. The summed E-state index contributed by atoms with van der Waals surface area (Å²) in [5.74, 6) is 0. The van der Waals surface area contributed by atoms with Gasteiger partial charge in [-0.25, -0.2) is 0 Å². The smallest absolute Gasteiger partial charge is 0.107 e. The Balaban J connectivity index is 1.98. The van der Waals surface area contributed by atoms with Crippen molar-refractivity contribution in [3.63, 3.8) is 0 Å². The zero-order chi connectivity index (χ0) is 7.68. The Morgan fingerprint density at radius 2 is 2.36 bits per heavy atom. The number of terminal acetylenes is 1. The molecule has 3 nitrogen and oxygen atoms in total. The van der Waals surface area contributed by atoms with Gasteiger partial charge in [0.25, 0.3) is 0 Å². The summed E-state index contributed by atoms with van der Waals surface area (Å²) in [6.45, 7) is 1.48. The van der Waals surface area contributed by atoms with Crippen molar-refractivity contribution in [2.24, 2.45) is 0 Å². The highest BCUT2D eigenvalue weighted by molar-refractivity contribution is 4.98. The highest BCUT2D eigenvalue weighted by atomic mass is 16.6. The van der Waals surface area contributed by atoms with Crippen LogP contribution in [0.3, 0.4) is 0 Å². The van der Waals surface area contributed by atoms with Gasteiger partial charge in [0.15, 0.2) is 0 Å². The summed E-state index contributed by atoms with van der Waals surface area (Å²) in [5.41, 5.74) is 0. The largest absolute Gasteiger partial charge is 0.373 e. The Hall–Kier alpha value is -0.720. The second-order valence-corrected chi connectivity index (χ2v) is 2.89. The fourth-order valence-electron chi connectivity index (χ4n) is 1.70. The lowest BCUT2D eigenvalue weighted by atomic mass is 10.1. The Kier molecular flexibility index (Phi) is 1.72. The Bertz CT molecular complexity index is 187. The van der Waals surface area contributed by atoms with Gasteiger partial charge in [0.1, 0.15) is 6.10 Å². The van der Waals surface area contributed by atoms with Crippen LogP contribution in [0.5, 0.6) is 0 Å². The minimum atomic E-state index is 0.186. The fourth-order valence-corrected chi connectivity index (χ4v) is 1.70. The summed E-state index contributed by atoms with van der Waals surface area (Å²) in [6, 6.07) is 2.61. The minimum absolute atomic E-state index is 0.186. The van der Waals surface area contributed by atoms with Gasteiger partial charge in [0.05, 0.1) is 18.8 Å². The molecule has 60 valence electrons. The molecule has 0 saturated carbocycles. The van der Waals surface area contributed by atoms with Crippen molar-refractivity contribution in [3.8, 4) is 12.5 Å². The first kappa shape index (κ1) is 6.96. The minimum Gasteiger partial charge on any atom is -0.373 e. The Morgan fingerprint density at radius 1 is 1.45 bits per heavy atom. The maximum Gasteiger partial charge on any atom is 0.107 e. The molecule has 11 heavy (non-hydrogen) atoms. The van der Waals surface area contributed by atoms with E-state index in [9.17, 15) is 0 Å². The fraction of sp³-hybridized carbons (Fsp3) is 0.750. The van der Waals surface area contributed by atoms with E-state index in [0.29, 0.717) is 6.61 Å². The van der Waals surface area contributed by atoms with Crippen molar-refractivity contribution in [2.45, 2.75) is 24.7 Å². The summed E-state index contributed by atoms with van der Waals surface area (Å²) in [7, 11) is 0. The normalized spacial score (nSPS) is 41.5. The summed E-state index contributed by atoms with van der Waals surface area (Å²) in [5, 5.41) is 2.89. The van der Waals surface area contributed by atoms with Gasteiger partial charge >= 0.3 is 0 Å². The van der Waals surface area contributed by atoms with Gasteiger partial charge in [-0.1, -0.05) is 6.42 Å². The third-order valence-corrected chi connectivity index (χ3v) is 2.23. The van der Waals surface area contributed by atoms with Crippen LogP contribution in [-0.4, -0.2) is 31.5 Å². The highest BCUT2D eigenvalue weighted by Gasteiger charge is 2.41. The van der Waals surface area contributed by atoms with Crippen LogP contribution in [0.25, 0.3) is 0 Å². The van der Waals surface area contributed by atoms with Crippen LogP contribution in [0.2, 0.25) is 0 Å². The lowest BCUT2D eigenvalue weighted by Gasteiger charge is -2.13. The molecule has 0 aromatic carbocycles. The first-order valence-corrected chi connectivity index (χ1v) is 3.86. The molecular weight excluding hydrogens is 142 g/mol. The quantitative estimate of drug-likeness (QED) is 0.415. The molecule has 3 heteroatoms. The van der Waals surface area contributed by atoms with Crippen molar-refractivity contribution in [1.82, 2.24) is 5.32 Å². The molecule has 0 bridgehead atoms. The predicted molar refractivity (Wildman–Crippen MR) is 39.9 cm³/mol. The molecule has 0 unspecified atom stereocenters. The summed E-state index contributed by atoms with van der Waals surface area (Å²) in [6.07, 6.45) is 6.59. The molecule has 2 heterocycles. The van der Waals surface area contributed by atoms with Gasteiger partial charge in [-0.2, -0.15) is 0 Å². The molecular formula is C8H11NO2. The van der Waals surface area contributed by atoms with Crippen molar-refractivity contribution in [3.05, 3.63) is 0 Å². The molecule has 2 fully saturated rings. The van der Waals surface area contributed by atoms with E-state index >= 15 is 0 Å². The molecule has 2 rings (SSSR count). The van der Waals surface area contributed by atoms with E-state index in [0.717, 1.165) is 13.0 Å². The van der Waals surface area contributed by atoms with Crippen molar-refractivity contribution in [1.29, 1.82) is 0 Å². The summed E-state index contributed by atoms with van der Waals surface area (Å²) < 4.78 is 10.9. The molecule has 2 aliphatic heterocycles. The van der Waals surface area contributed by atoms with Crippen molar-refractivity contribution in [2.75, 3.05) is 13.2 Å². The van der Waals surface area contributed by atoms with Crippen molar-refractivity contribution >= 4 is 0 Å². The van der Waals surface area contributed by atoms with Crippen LogP contribution in [0.4, 0.5) is 0 Å². The monoisotopic (exact) mass is 153 g/mol. The molecule has 0 radical (unpaired) electrons. The van der Waals surface area contributed by atoms with Crippen LogP contribution >= 0.6 is 0 Å². The van der Waals surface area contributed by atoms with Gasteiger partial charge < -0.3 is 14.8 Å². The standard InChI is InChI=1S/C8H11NO2/c1-2-9-6-5-11-7-3-4-10-8(6)7/h1,6-9H,3-5H2/t6-,7+,8+/m0/s1. The molecule has 3 atom stereocenters. The third-order valence-electron chi connectivity index (χ3n) is 2.23. The van der Waals surface area contributed by atoms with E-state index in [1.54, 1.807) is 0 Å². The number of hydrogen-bond donors (Lipinski definition) is 1. The van der Waals surface area contributed by atoms with Crippen LogP contribution < -0.4 is 5.32 Å². The number of ether oxygens (including phenoxy) is 2. The zero-order valence-electron chi connectivity index (χ0n) is 6.25. The van der Waals surface area contributed by atoms with E-state index in [2.05, 4.69) is 11.4 Å². The lowest BCUT2D eigenvalue weighted by molar-refractivity contribution is 0.0695. The topological polar surface area (TPSA) is 30.5 Å². The lowest BCUT2D eigenvalue weighted by Crippen LogP contribution is -2.37. The van der Waals surface area contributed by atoms with Crippen LogP contribution in [0.15, 0.2) is 0 Å². The number of rotatable bonds is 1. The molecule has 0 amide bonds. The number of nitrogens with one attached hydrogen (secondary N) is 1. The van der Waals surface area contributed by atoms with E-state index in [4.69, 9.17) is 15.9 Å². The molecule has 0 aromatic heterocycles. The van der Waals surface area contributed by atoms with Crippen LogP contribution in [-0.2, 0) is 9.47 Å². The molecule has 1 N–H and O–H groups in total. The number of fused-ring (bicyclic) bond motifs is 1. The maximum absolute atomic E-state index is 5.46. The highest BCUT2D eigenvalue weighted by Crippen LogP contribution is 2.25. The molecule has 0 spiro atoms. The molecule has 0 aliphatic carbocycles. The number of hydrogen-bond acceptors (Lipinski definition) is 3. The maximum atomic E-state index is 5.46. The molecule has 2 aliphatic rings. The predicted octanol–water partition coefficient (Wildman–Crippen LogP) is -0.277.